The fourth-order valence-corrected chi connectivity index (χ4v) is 3.33. The maximum absolute atomic E-state index is 13.4. The third-order valence-corrected chi connectivity index (χ3v) is 4.16. The molecule has 1 heterocycles. The van der Waals surface area contributed by atoms with Crippen LogP contribution in [0.2, 0.25) is 0 Å². The summed E-state index contributed by atoms with van der Waals surface area (Å²) in [4.78, 5) is 12.9. The molecule has 0 radical (unpaired) electrons. The number of carbonyl (C=O) groups is 1. The number of hydrogen-bond acceptors (Lipinski definition) is 2. The molecular weight excluding hydrogens is 325 g/mol. The normalized spacial score (nSPS) is 20.0. The summed E-state index contributed by atoms with van der Waals surface area (Å²) >= 11 is 3.31. The molecule has 1 aromatic carbocycles. The van der Waals surface area contributed by atoms with Gasteiger partial charge in [-0.15, -0.1) is 0 Å². The highest BCUT2D eigenvalue weighted by Gasteiger charge is 2.20. The second-order valence-electron chi connectivity index (χ2n) is 5.45. The van der Waals surface area contributed by atoms with Crippen LogP contribution in [-0.4, -0.2) is 29.1 Å². The maximum Gasteiger partial charge on any atom is 0.303 e. The standard InChI is InChI=1S/C15H19BrFNO2/c16-13-6-12(7-14(17)8-13)10-18-5-1-2-11(9-18)3-4-15(19)20/h6-8,11H,1-5,9-10H2,(H,19,20). The van der Waals surface area contributed by atoms with Gasteiger partial charge in [0.2, 0.25) is 0 Å². The molecule has 1 fully saturated rings. The number of carboxylic acid groups (broad SMARTS) is 1. The molecule has 1 atom stereocenters. The first kappa shape index (κ1) is 15.4. The van der Waals surface area contributed by atoms with Crippen molar-refractivity contribution in [3.63, 3.8) is 0 Å². The first-order chi connectivity index (χ1) is 9.52. The van der Waals surface area contributed by atoms with Crippen LogP contribution in [0.4, 0.5) is 4.39 Å². The molecule has 0 aliphatic carbocycles. The molecule has 0 bridgehead atoms. The molecule has 0 spiro atoms. The Morgan fingerprint density at radius 2 is 2.25 bits per heavy atom. The highest BCUT2D eigenvalue weighted by Crippen LogP contribution is 2.23. The van der Waals surface area contributed by atoms with Crippen LogP contribution in [0.25, 0.3) is 0 Å². The van der Waals surface area contributed by atoms with Crippen LogP contribution in [0, 0.1) is 11.7 Å². The molecule has 2 rings (SSSR count). The van der Waals surface area contributed by atoms with E-state index in [1.54, 1.807) is 6.07 Å². The largest absolute Gasteiger partial charge is 0.481 e. The first-order valence-electron chi connectivity index (χ1n) is 6.92. The summed E-state index contributed by atoms with van der Waals surface area (Å²) in [6.45, 7) is 2.62. The van der Waals surface area contributed by atoms with E-state index in [0.717, 1.165) is 48.9 Å². The zero-order valence-electron chi connectivity index (χ0n) is 11.3. The number of aliphatic carboxylic acids is 1. The molecule has 0 saturated carbocycles. The Kier molecular flexibility index (Phi) is 5.54. The van der Waals surface area contributed by atoms with Crippen molar-refractivity contribution in [2.45, 2.75) is 32.2 Å². The third kappa shape index (κ3) is 4.87. The van der Waals surface area contributed by atoms with Gasteiger partial charge in [-0.05, 0) is 55.5 Å². The van der Waals surface area contributed by atoms with Crippen LogP contribution in [0.1, 0.15) is 31.2 Å². The average Bonchev–Trinajstić information content (AvgIpc) is 2.35. The van der Waals surface area contributed by atoms with Crippen molar-refractivity contribution in [3.05, 3.63) is 34.1 Å². The van der Waals surface area contributed by atoms with Crippen LogP contribution in [0.3, 0.4) is 0 Å². The number of likely N-dealkylation sites (tertiary alicyclic amines) is 1. The zero-order valence-corrected chi connectivity index (χ0v) is 12.9. The van der Waals surface area contributed by atoms with Gasteiger partial charge in [0.25, 0.3) is 0 Å². The summed E-state index contributed by atoms with van der Waals surface area (Å²) in [7, 11) is 0. The minimum atomic E-state index is -0.726. The van der Waals surface area contributed by atoms with Crippen LogP contribution in [0.5, 0.6) is 0 Å². The van der Waals surface area contributed by atoms with E-state index in [1.807, 2.05) is 6.07 Å². The van der Waals surface area contributed by atoms with E-state index < -0.39 is 5.97 Å². The number of halogens is 2. The second kappa shape index (κ2) is 7.18. The first-order valence-corrected chi connectivity index (χ1v) is 7.71. The van der Waals surface area contributed by atoms with Gasteiger partial charge in [-0.1, -0.05) is 15.9 Å². The predicted molar refractivity (Wildman–Crippen MR) is 79.0 cm³/mol. The Morgan fingerprint density at radius 1 is 1.45 bits per heavy atom. The van der Waals surface area contributed by atoms with Gasteiger partial charge in [0.05, 0.1) is 0 Å². The van der Waals surface area contributed by atoms with Gasteiger partial charge in [-0.2, -0.15) is 0 Å². The SMILES string of the molecule is O=C(O)CCC1CCCN(Cc2cc(F)cc(Br)c2)C1. The third-order valence-electron chi connectivity index (χ3n) is 3.70. The van der Waals surface area contributed by atoms with E-state index in [2.05, 4.69) is 20.8 Å². The van der Waals surface area contributed by atoms with Gasteiger partial charge in [0, 0.05) is 24.0 Å². The highest BCUT2D eigenvalue weighted by molar-refractivity contribution is 9.10. The van der Waals surface area contributed by atoms with Crippen molar-refractivity contribution in [2.75, 3.05) is 13.1 Å². The van der Waals surface area contributed by atoms with Gasteiger partial charge >= 0.3 is 5.97 Å². The second-order valence-corrected chi connectivity index (χ2v) is 6.37. The number of benzene rings is 1. The van der Waals surface area contributed by atoms with Crippen molar-refractivity contribution in [1.82, 2.24) is 4.90 Å². The van der Waals surface area contributed by atoms with Crippen LogP contribution in [0.15, 0.2) is 22.7 Å². The minimum absolute atomic E-state index is 0.228. The van der Waals surface area contributed by atoms with E-state index >= 15 is 0 Å². The van der Waals surface area contributed by atoms with Gasteiger partial charge in [0.15, 0.2) is 0 Å². The molecule has 1 N–H and O–H groups in total. The van der Waals surface area contributed by atoms with Crippen LogP contribution >= 0.6 is 15.9 Å². The predicted octanol–water partition coefficient (Wildman–Crippen LogP) is 3.67. The number of piperidine rings is 1. The summed E-state index contributed by atoms with van der Waals surface area (Å²) in [5, 5.41) is 8.75. The molecule has 1 aromatic rings. The Labute approximate surface area is 126 Å². The van der Waals surface area contributed by atoms with Crippen molar-refractivity contribution in [3.8, 4) is 0 Å². The fraction of sp³-hybridized carbons (Fsp3) is 0.533. The highest BCUT2D eigenvalue weighted by atomic mass is 79.9. The number of carboxylic acids is 1. The minimum Gasteiger partial charge on any atom is -0.481 e. The van der Waals surface area contributed by atoms with Crippen molar-refractivity contribution in [1.29, 1.82) is 0 Å². The van der Waals surface area contributed by atoms with E-state index in [4.69, 9.17) is 5.11 Å². The van der Waals surface area contributed by atoms with Crippen molar-refractivity contribution < 1.29 is 14.3 Å². The lowest BCUT2D eigenvalue weighted by Gasteiger charge is -2.32. The molecule has 3 nitrogen and oxygen atoms in total. The van der Waals surface area contributed by atoms with E-state index in [1.165, 1.54) is 6.07 Å². The molecular formula is C15H19BrFNO2. The fourth-order valence-electron chi connectivity index (χ4n) is 2.82. The quantitative estimate of drug-likeness (QED) is 0.886. The molecule has 110 valence electrons. The average molecular weight is 344 g/mol. The monoisotopic (exact) mass is 343 g/mol. The number of rotatable bonds is 5. The summed E-state index contributed by atoms with van der Waals surface area (Å²) in [5.74, 6) is -0.512. The van der Waals surface area contributed by atoms with Crippen molar-refractivity contribution in [2.24, 2.45) is 5.92 Å². The lowest BCUT2D eigenvalue weighted by atomic mass is 9.93. The lowest BCUT2D eigenvalue weighted by Crippen LogP contribution is -2.35. The molecule has 1 aliphatic rings. The van der Waals surface area contributed by atoms with E-state index in [0.29, 0.717) is 5.92 Å². The Bertz CT molecular complexity index is 461. The lowest BCUT2D eigenvalue weighted by molar-refractivity contribution is -0.137. The topological polar surface area (TPSA) is 40.5 Å². The van der Waals surface area contributed by atoms with E-state index in [9.17, 15) is 9.18 Å². The molecule has 1 unspecified atom stereocenters. The number of hydrogen-bond donors (Lipinski definition) is 1. The maximum atomic E-state index is 13.4. The molecule has 1 aliphatic heterocycles. The van der Waals surface area contributed by atoms with E-state index in [-0.39, 0.29) is 12.2 Å². The summed E-state index contributed by atoms with van der Waals surface area (Å²) < 4.78 is 14.1. The zero-order chi connectivity index (χ0) is 14.5. The number of nitrogens with zero attached hydrogens (tertiary/aromatic N) is 1. The van der Waals surface area contributed by atoms with Gasteiger partial charge in [-0.3, -0.25) is 9.69 Å². The summed E-state index contributed by atoms with van der Waals surface area (Å²) in [5.41, 5.74) is 0.954. The Balaban J connectivity index is 1.90. The van der Waals surface area contributed by atoms with Gasteiger partial charge in [-0.25, -0.2) is 4.39 Å². The van der Waals surface area contributed by atoms with Gasteiger partial charge in [0.1, 0.15) is 5.82 Å². The smallest absolute Gasteiger partial charge is 0.303 e. The molecule has 1 saturated heterocycles. The summed E-state index contributed by atoms with van der Waals surface area (Å²) in [6.07, 6.45) is 3.15. The Hall–Kier alpha value is -0.940. The van der Waals surface area contributed by atoms with Crippen LogP contribution < -0.4 is 0 Å². The van der Waals surface area contributed by atoms with Gasteiger partial charge < -0.3 is 5.11 Å². The summed E-state index contributed by atoms with van der Waals surface area (Å²) in [6, 6.07) is 4.95. The molecule has 0 aromatic heterocycles. The Morgan fingerprint density at radius 3 is 2.95 bits per heavy atom. The van der Waals surface area contributed by atoms with Crippen LogP contribution in [-0.2, 0) is 11.3 Å². The van der Waals surface area contributed by atoms with Crippen molar-refractivity contribution >= 4 is 21.9 Å². The molecule has 20 heavy (non-hydrogen) atoms. The molecule has 0 amide bonds. The molecule has 5 heteroatoms.